The Morgan fingerprint density at radius 1 is 1.14 bits per heavy atom. The van der Waals surface area contributed by atoms with E-state index in [4.69, 9.17) is 26.3 Å². The van der Waals surface area contributed by atoms with Gasteiger partial charge in [0.15, 0.2) is 0 Å². The van der Waals surface area contributed by atoms with Crippen LogP contribution in [0.5, 0.6) is 5.75 Å². The summed E-state index contributed by atoms with van der Waals surface area (Å²) < 4.78 is 21.0. The van der Waals surface area contributed by atoms with E-state index in [-0.39, 0.29) is 11.7 Å². The van der Waals surface area contributed by atoms with Crippen LogP contribution in [0.1, 0.15) is 35.6 Å². The van der Waals surface area contributed by atoms with Crippen LogP contribution in [0.2, 0.25) is 5.15 Å². The van der Waals surface area contributed by atoms with Gasteiger partial charge in [-0.05, 0) is 49.1 Å². The van der Waals surface area contributed by atoms with Gasteiger partial charge in [0, 0.05) is 43.5 Å². The molecule has 1 aliphatic carbocycles. The van der Waals surface area contributed by atoms with E-state index < -0.39 is 0 Å². The van der Waals surface area contributed by atoms with E-state index in [0.29, 0.717) is 16.9 Å². The fraction of sp³-hybridized carbons (Fsp3) is 0.269. The standard InChI is InChI=1S/C26H26ClFN6O/c1-33(2)25-20-6-4-5-19(16-7-9-17(28)10-8-16)24(20)31-26(32-25)30-18-11-12-21(22(13-18)35-3)34-14-23(27)29-15-34/h7-15,19H,4-6H2,1-3H3,(H,30,31,32)/t19-/m0/s1. The molecule has 2 aromatic carbocycles. The van der Waals surface area contributed by atoms with Crippen LogP contribution in [0, 0.1) is 5.82 Å². The van der Waals surface area contributed by atoms with Crippen molar-refractivity contribution in [1.82, 2.24) is 19.5 Å². The minimum atomic E-state index is -0.237. The zero-order chi connectivity index (χ0) is 24.5. The van der Waals surface area contributed by atoms with Gasteiger partial charge >= 0.3 is 0 Å². The third kappa shape index (κ3) is 4.66. The maximum atomic E-state index is 13.6. The molecule has 1 aliphatic rings. The molecule has 180 valence electrons. The van der Waals surface area contributed by atoms with E-state index in [9.17, 15) is 4.39 Å². The van der Waals surface area contributed by atoms with Crippen molar-refractivity contribution in [2.45, 2.75) is 25.2 Å². The van der Waals surface area contributed by atoms with Crippen molar-refractivity contribution < 1.29 is 9.13 Å². The van der Waals surface area contributed by atoms with E-state index in [1.807, 2.05) is 49.3 Å². The van der Waals surface area contributed by atoms with Crippen molar-refractivity contribution in [2.75, 3.05) is 31.4 Å². The number of ether oxygens (including phenoxy) is 1. The average molecular weight is 493 g/mol. The molecule has 0 bridgehead atoms. The van der Waals surface area contributed by atoms with Crippen molar-refractivity contribution in [1.29, 1.82) is 0 Å². The Morgan fingerprint density at radius 3 is 2.63 bits per heavy atom. The summed E-state index contributed by atoms with van der Waals surface area (Å²) in [5.41, 5.74) is 4.79. The molecule has 4 aromatic rings. The summed E-state index contributed by atoms with van der Waals surface area (Å²) in [7, 11) is 5.60. The first kappa shape index (κ1) is 23.1. The average Bonchev–Trinajstić information content (AvgIpc) is 3.29. The van der Waals surface area contributed by atoms with E-state index in [1.165, 1.54) is 12.1 Å². The predicted molar refractivity (Wildman–Crippen MR) is 136 cm³/mol. The fourth-order valence-electron chi connectivity index (χ4n) is 4.61. The Morgan fingerprint density at radius 2 is 1.94 bits per heavy atom. The van der Waals surface area contributed by atoms with E-state index in [1.54, 1.807) is 24.2 Å². The van der Waals surface area contributed by atoms with Crippen LogP contribution in [0.4, 0.5) is 21.8 Å². The van der Waals surface area contributed by atoms with Crippen molar-refractivity contribution in [3.8, 4) is 11.4 Å². The lowest BCUT2D eigenvalue weighted by molar-refractivity contribution is 0.413. The van der Waals surface area contributed by atoms with Gasteiger partial charge < -0.3 is 19.5 Å². The Bertz CT molecular complexity index is 1350. The van der Waals surface area contributed by atoms with E-state index in [2.05, 4.69) is 10.3 Å². The molecule has 0 spiro atoms. The van der Waals surface area contributed by atoms with Gasteiger partial charge in [-0.25, -0.2) is 14.4 Å². The first-order chi connectivity index (χ1) is 16.9. The third-order valence-electron chi connectivity index (χ3n) is 6.23. The molecule has 0 aliphatic heterocycles. The number of nitrogens with zero attached hydrogens (tertiary/aromatic N) is 5. The minimum absolute atomic E-state index is 0.0875. The fourth-order valence-corrected chi connectivity index (χ4v) is 4.76. The molecule has 9 heteroatoms. The second-order valence-corrected chi connectivity index (χ2v) is 9.13. The number of halogens is 2. The Labute approximate surface area is 208 Å². The minimum Gasteiger partial charge on any atom is -0.494 e. The number of hydrogen-bond acceptors (Lipinski definition) is 6. The zero-order valence-electron chi connectivity index (χ0n) is 19.8. The van der Waals surface area contributed by atoms with Gasteiger partial charge in [0.1, 0.15) is 28.9 Å². The molecule has 35 heavy (non-hydrogen) atoms. The SMILES string of the molecule is COc1cc(Nc2nc3c(c(N(C)C)n2)CCC[C@H]3c2ccc(F)cc2)ccc1-n1cnc(Cl)c1. The van der Waals surface area contributed by atoms with Gasteiger partial charge in [-0.1, -0.05) is 23.7 Å². The molecule has 0 amide bonds. The van der Waals surface area contributed by atoms with Crippen LogP contribution >= 0.6 is 11.6 Å². The number of benzene rings is 2. The summed E-state index contributed by atoms with van der Waals surface area (Å²) in [6.07, 6.45) is 6.26. The summed E-state index contributed by atoms with van der Waals surface area (Å²) in [6.45, 7) is 0. The molecule has 0 saturated carbocycles. The highest BCUT2D eigenvalue weighted by Gasteiger charge is 2.28. The van der Waals surface area contributed by atoms with Crippen molar-refractivity contribution in [3.63, 3.8) is 0 Å². The van der Waals surface area contributed by atoms with Gasteiger partial charge in [0.05, 0.1) is 18.5 Å². The molecule has 1 N–H and O–H groups in total. The van der Waals surface area contributed by atoms with Gasteiger partial charge in [-0.3, -0.25) is 0 Å². The lowest BCUT2D eigenvalue weighted by Crippen LogP contribution is -2.21. The van der Waals surface area contributed by atoms with Crippen LogP contribution in [-0.2, 0) is 6.42 Å². The van der Waals surface area contributed by atoms with Crippen LogP contribution in [0.25, 0.3) is 5.69 Å². The summed E-state index contributed by atoms with van der Waals surface area (Å²) >= 11 is 5.98. The molecular formula is C26H26ClFN6O. The molecule has 0 fully saturated rings. The maximum absolute atomic E-state index is 13.6. The van der Waals surface area contributed by atoms with Crippen molar-refractivity contribution in [2.24, 2.45) is 0 Å². The molecule has 1 atom stereocenters. The number of hydrogen-bond donors (Lipinski definition) is 1. The molecule has 2 aromatic heterocycles. The smallest absolute Gasteiger partial charge is 0.229 e. The van der Waals surface area contributed by atoms with Gasteiger partial charge in [0.2, 0.25) is 5.95 Å². The number of aromatic nitrogens is 4. The van der Waals surface area contributed by atoms with Gasteiger partial charge in [-0.15, -0.1) is 0 Å². The number of nitrogens with one attached hydrogen (secondary N) is 1. The number of methoxy groups -OCH3 is 1. The maximum Gasteiger partial charge on any atom is 0.229 e. The Balaban J connectivity index is 1.53. The molecule has 0 saturated heterocycles. The molecule has 2 heterocycles. The Kier molecular flexibility index (Phi) is 6.30. The van der Waals surface area contributed by atoms with Gasteiger partial charge in [0.25, 0.3) is 0 Å². The summed E-state index contributed by atoms with van der Waals surface area (Å²) in [4.78, 5) is 15.9. The first-order valence-electron chi connectivity index (χ1n) is 11.4. The third-order valence-corrected chi connectivity index (χ3v) is 6.42. The van der Waals surface area contributed by atoms with Crippen molar-refractivity contribution >= 4 is 29.1 Å². The molecule has 5 rings (SSSR count). The van der Waals surface area contributed by atoms with E-state index >= 15 is 0 Å². The largest absolute Gasteiger partial charge is 0.494 e. The van der Waals surface area contributed by atoms with Crippen LogP contribution in [-0.4, -0.2) is 40.7 Å². The second-order valence-electron chi connectivity index (χ2n) is 8.74. The number of fused-ring (bicyclic) bond motifs is 1. The highest BCUT2D eigenvalue weighted by molar-refractivity contribution is 6.29. The van der Waals surface area contributed by atoms with Gasteiger partial charge in [-0.2, -0.15) is 4.98 Å². The van der Waals surface area contributed by atoms with Crippen LogP contribution in [0.15, 0.2) is 55.0 Å². The summed E-state index contributed by atoms with van der Waals surface area (Å²) in [5, 5.41) is 3.76. The normalized spacial score (nSPS) is 14.9. The highest BCUT2D eigenvalue weighted by atomic mass is 35.5. The molecule has 7 nitrogen and oxygen atoms in total. The zero-order valence-corrected chi connectivity index (χ0v) is 20.6. The summed E-state index contributed by atoms with van der Waals surface area (Å²) in [6, 6.07) is 12.5. The summed E-state index contributed by atoms with van der Waals surface area (Å²) in [5.74, 6) is 1.89. The topological polar surface area (TPSA) is 68.1 Å². The number of imidazole rings is 1. The number of anilines is 3. The Hall–Kier alpha value is -3.65. The first-order valence-corrected chi connectivity index (χ1v) is 11.8. The number of rotatable bonds is 6. The van der Waals surface area contributed by atoms with E-state index in [0.717, 1.165) is 53.3 Å². The molecule has 0 unspecified atom stereocenters. The highest BCUT2D eigenvalue weighted by Crippen LogP contribution is 2.39. The lowest BCUT2D eigenvalue weighted by Gasteiger charge is -2.29. The quantitative estimate of drug-likeness (QED) is 0.370. The van der Waals surface area contributed by atoms with Crippen molar-refractivity contribution in [3.05, 3.63) is 82.8 Å². The molecule has 0 radical (unpaired) electrons. The lowest BCUT2D eigenvalue weighted by atomic mass is 9.82. The predicted octanol–water partition coefficient (Wildman–Crippen LogP) is 5.74. The van der Waals surface area contributed by atoms with Crippen LogP contribution < -0.4 is 15.0 Å². The monoisotopic (exact) mass is 492 g/mol. The second kappa shape index (κ2) is 9.54. The van der Waals surface area contributed by atoms with Crippen LogP contribution in [0.3, 0.4) is 0 Å². The molecular weight excluding hydrogens is 467 g/mol.